The van der Waals surface area contributed by atoms with E-state index in [0.717, 1.165) is 12.0 Å². The Kier molecular flexibility index (Phi) is 3.98. The monoisotopic (exact) mass is 413 g/mol. The normalized spacial score (nSPS) is 32.1. The number of rotatable bonds is 5. The summed E-state index contributed by atoms with van der Waals surface area (Å²) in [5.74, 6) is 1.53. The maximum Gasteiger partial charge on any atom is 0.238 e. The Hall–Kier alpha value is -3.21. The van der Waals surface area contributed by atoms with Crippen molar-refractivity contribution in [2.75, 3.05) is 11.5 Å². The summed E-state index contributed by atoms with van der Waals surface area (Å²) in [4.78, 5) is 40.1. The first-order chi connectivity index (χ1) is 15.0. The van der Waals surface area contributed by atoms with Crippen LogP contribution in [0, 0.1) is 42.4 Å². The van der Waals surface area contributed by atoms with Crippen molar-refractivity contribution in [3.63, 3.8) is 0 Å². The number of ether oxygens (including phenoxy) is 1. The number of hydrogen-bond acceptors (Lipinski definition) is 4. The van der Waals surface area contributed by atoms with E-state index in [1.807, 2.05) is 25.1 Å². The summed E-state index contributed by atoms with van der Waals surface area (Å²) in [5.41, 5.74) is 2.22. The van der Waals surface area contributed by atoms with Gasteiger partial charge in [0.05, 0.1) is 17.5 Å². The Bertz CT molecular complexity index is 1100. The highest BCUT2D eigenvalue weighted by molar-refractivity contribution is 6.22. The van der Waals surface area contributed by atoms with E-state index in [2.05, 4.69) is 12.2 Å². The predicted octanol–water partition coefficient (Wildman–Crippen LogP) is 3.81. The summed E-state index contributed by atoms with van der Waals surface area (Å²) in [6, 6.07) is 14.3. The minimum atomic E-state index is -0.200. The highest BCUT2D eigenvalue weighted by atomic mass is 16.5. The van der Waals surface area contributed by atoms with Gasteiger partial charge >= 0.3 is 0 Å². The molecular weight excluding hydrogens is 390 g/mol. The number of anilines is 1. The van der Waals surface area contributed by atoms with Gasteiger partial charge in [-0.05, 0) is 67.3 Å². The molecule has 5 aliphatic rings. The van der Waals surface area contributed by atoms with E-state index in [1.54, 1.807) is 30.3 Å². The average molecular weight is 413 g/mol. The zero-order chi connectivity index (χ0) is 21.3. The van der Waals surface area contributed by atoms with E-state index < -0.39 is 0 Å². The third-order valence-corrected chi connectivity index (χ3v) is 7.47. The van der Waals surface area contributed by atoms with Crippen LogP contribution in [0.2, 0.25) is 0 Å². The largest absolute Gasteiger partial charge is 0.485 e. The minimum absolute atomic E-state index is 0.0632. The van der Waals surface area contributed by atoms with E-state index in [1.165, 1.54) is 4.90 Å². The molecule has 2 saturated carbocycles. The van der Waals surface area contributed by atoms with Gasteiger partial charge in [0.25, 0.3) is 0 Å². The second-order valence-electron chi connectivity index (χ2n) is 9.24. The SMILES string of the molecule is Cc1cccc(C(=O)COc2ccc(N3C(=O)C4C(C3=O)[C@H]3C=CC4[C@@H]4CC34)cc2)c1. The van der Waals surface area contributed by atoms with Crippen LogP contribution < -0.4 is 9.64 Å². The van der Waals surface area contributed by atoms with Crippen molar-refractivity contribution in [3.05, 3.63) is 71.8 Å². The summed E-state index contributed by atoms with van der Waals surface area (Å²) >= 11 is 0. The number of Topliss-reactive ketones (excluding diaryl/α,β-unsaturated/α-hetero) is 1. The second-order valence-corrected chi connectivity index (χ2v) is 9.24. The number of aryl methyl sites for hydroxylation is 1. The number of carbonyl (C=O) groups excluding carboxylic acids is 3. The number of nitrogens with zero attached hydrogens (tertiary/aromatic N) is 1. The van der Waals surface area contributed by atoms with Crippen molar-refractivity contribution in [2.24, 2.45) is 35.5 Å². The van der Waals surface area contributed by atoms with Crippen molar-refractivity contribution in [1.29, 1.82) is 0 Å². The number of benzene rings is 2. The maximum absolute atomic E-state index is 13.2. The summed E-state index contributed by atoms with van der Waals surface area (Å²) in [6.45, 7) is 1.88. The summed E-state index contributed by atoms with van der Waals surface area (Å²) in [6.07, 6.45) is 5.51. The fourth-order valence-electron chi connectivity index (χ4n) is 5.95. The zero-order valence-corrected chi connectivity index (χ0v) is 17.2. The van der Waals surface area contributed by atoms with Crippen molar-refractivity contribution in [1.82, 2.24) is 0 Å². The Morgan fingerprint density at radius 2 is 1.61 bits per heavy atom. The number of hydrogen-bond donors (Lipinski definition) is 0. The van der Waals surface area contributed by atoms with Gasteiger partial charge in [-0.2, -0.15) is 0 Å². The molecule has 3 fully saturated rings. The van der Waals surface area contributed by atoms with Crippen LogP contribution in [0.1, 0.15) is 22.3 Å². The topological polar surface area (TPSA) is 63.7 Å². The van der Waals surface area contributed by atoms with Crippen LogP contribution in [0.4, 0.5) is 5.69 Å². The molecule has 156 valence electrons. The lowest BCUT2D eigenvalue weighted by molar-refractivity contribution is -0.124. The van der Waals surface area contributed by atoms with Crippen molar-refractivity contribution in [2.45, 2.75) is 13.3 Å². The van der Waals surface area contributed by atoms with E-state index in [4.69, 9.17) is 4.74 Å². The number of imide groups is 1. The van der Waals surface area contributed by atoms with Crippen LogP contribution in [0.3, 0.4) is 0 Å². The van der Waals surface area contributed by atoms with Gasteiger partial charge in [-0.15, -0.1) is 0 Å². The third kappa shape index (κ3) is 2.79. The quantitative estimate of drug-likeness (QED) is 0.425. The third-order valence-electron chi connectivity index (χ3n) is 7.47. The zero-order valence-electron chi connectivity index (χ0n) is 17.2. The molecule has 4 unspecified atom stereocenters. The molecule has 2 aromatic rings. The van der Waals surface area contributed by atoms with Gasteiger partial charge in [0, 0.05) is 5.56 Å². The first-order valence-electron chi connectivity index (χ1n) is 10.9. The molecule has 5 heteroatoms. The first kappa shape index (κ1) is 18.6. The van der Waals surface area contributed by atoms with Crippen molar-refractivity contribution >= 4 is 23.3 Å². The van der Waals surface area contributed by atoms with Gasteiger partial charge in [0.1, 0.15) is 5.75 Å². The molecule has 7 rings (SSSR count). The van der Waals surface area contributed by atoms with Gasteiger partial charge in [0.15, 0.2) is 12.4 Å². The molecule has 1 saturated heterocycles. The molecule has 2 aromatic carbocycles. The first-order valence-corrected chi connectivity index (χ1v) is 10.9. The fourth-order valence-corrected chi connectivity index (χ4v) is 5.95. The van der Waals surface area contributed by atoms with E-state index >= 15 is 0 Å². The van der Waals surface area contributed by atoms with Gasteiger partial charge < -0.3 is 4.74 Å². The molecular formula is C26H23NO4. The molecule has 0 spiro atoms. The smallest absolute Gasteiger partial charge is 0.238 e. The van der Waals surface area contributed by atoms with Crippen LogP contribution in [0.15, 0.2) is 60.7 Å². The van der Waals surface area contributed by atoms with Gasteiger partial charge in [-0.3, -0.25) is 19.3 Å². The predicted molar refractivity (Wildman–Crippen MR) is 115 cm³/mol. The number of amides is 2. The van der Waals surface area contributed by atoms with Crippen LogP contribution >= 0.6 is 0 Å². The standard InChI is InChI=1S/C26H23NO4/c1-14-3-2-4-15(11-14)22(28)13-31-17-7-5-16(6-8-17)27-25(29)23-18-9-10-19(21-12-20(18)21)24(23)26(27)30/h2-11,18-21,23-24H,12-13H2,1H3/t18-,19?,20?,21-,23?,24?/m0/s1. The van der Waals surface area contributed by atoms with Gasteiger partial charge in [-0.1, -0.05) is 35.9 Å². The van der Waals surface area contributed by atoms with Crippen LogP contribution in [-0.2, 0) is 9.59 Å². The molecule has 2 bridgehead atoms. The van der Waals surface area contributed by atoms with Gasteiger partial charge in [0.2, 0.25) is 11.8 Å². The van der Waals surface area contributed by atoms with Crippen LogP contribution in [0.25, 0.3) is 0 Å². The molecule has 0 N–H and O–H groups in total. The Balaban J connectivity index is 1.16. The summed E-state index contributed by atoms with van der Waals surface area (Å²) in [5, 5.41) is 0. The lowest BCUT2D eigenvalue weighted by atomic mass is 9.63. The molecule has 5 nitrogen and oxygen atoms in total. The fraction of sp³-hybridized carbons (Fsp3) is 0.346. The number of ketones is 1. The number of carbonyl (C=O) groups is 3. The Labute approximate surface area is 180 Å². The molecule has 1 heterocycles. The summed E-state index contributed by atoms with van der Waals surface area (Å²) in [7, 11) is 0. The van der Waals surface area contributed by atoms with E-state index in [9.17, 15) is 14.4 Å². The number of allylic oxidation sites excluding steroid dienone is 2. The molecule has 2 amide bonds. The van der Waals surface area contributed by atoms with Crippen LogP contribution in [-0.4, -0.2) is 24.2 Å². The highest BCUT2D eigenvalue weighted by Gasteiger charge is 2.67. The van der Waals surface area contributed by atoms with Crippen LogP contribution in [0.5, 0.6) is 5.75 Å². The average Bonchev–Trinajstić information content (AvgIpc) is 3.56. The molecule has 31 heavy (non-hydrogen) atoms. The molecule has 0 radical (unpaired) electrons. The second kappa shape index (κ2) is 6.64. The highest BCUT2D eigenvalue weighted by Crippen LogP contribution is 2.65. The molecule has 1 aliphatic heterocycles. The van der Waals surface area contributed by atoms with Crippen molar-refractivity contribution in [3.8, 4) is 5.75 Å². The maximum atomic E-state index is 13.2. The van der Waals surface area contributed by atoms with Crippen molar-refractivity contribution < 1.29 is 19.1 Å². The Morgan fingerprint density at radius 1 is 0.968 bits per heavy atom. The van der Waals surface area contributed by atoms with E-state index in [0.29, 0.717) is 28.8 Å². The molecule has 6 atom stereocenters. The lowest BCUT2D eigenvalue weighted by Gasteiger charge is -2.37. The molecule has 0 aromatic heterocycles. The van der Waals surface area contributed by atoms with Gasteiger partial charge in [-0.25, -0.2) is 0 Å². The Morgan fingerprint density at radius 3 is 2.23 bits per heavy atom. The minimum Gasteiger partial charge on any atom is -0.485 e. The van der Waals surface area contributed by atoms with E-state index in [-0.39, 0.29) is 47.9 Å². The summed E-state index contributed by atoms with van der Waals surface area (Å²) < 4.78 is 5.64. The molecule has 4 aliphatic carbocycles. The lowest BCUT2D eigenvalue weighted by Crippen LogP contribution is -2.40.